The number of aromatic nitrogens is 2. The summed E-state index contributed by atoms with van der Waals surface area (Å²) < 4.78 is 10.5. The Morgan fingerprint density at radius 3 is 2.74 bits per heavy atom. The molecule has 0 fully saturated rings. The Balaban J connectivity index is 1.71. The van der Waals surface area contributed by atoms with Crippen molar-refractivity contribution in [2.24, 2.45) is 0 Å². The minimum absolute atomic E-state index is 0.142. The normalized spacial score (nSPS) is 10.5. The standard InChI is InChI=1S/C17H17N3O3/c1-22-15-6-3-11(7-16(15)23-2)9-18-17(21)12-4-5-13-10-19-20-14(13)8-12/h3-8,10H,9H2,1-2H3,(H,18,21)(H,19,20). The monoisotopic (exact) mass is 311 g/mol. The molecule has 0 aliphatic carbocycles. The van der Waals surface area contributed by atoms with Gasteiger partial charge >= 0.3 is 0 Å². The third-order valence-electron chi connectivity index (χ3n) is 3.61. The fourth-order valence-electron chi connectivity index (χ4n) is 2.35. The van der Waals surface area contributed by atoms with Crippen molar-refractivity contribution in [2.45, 2.75) is 6.54 Å². The van der Waals surface area contributed by atoms with E-state index in [9.17, 15) is 4.79 Å². The molecule has 0 radical (unpaired) electrons. The first kappa shape index (κ1) is 14.9. The fourth-order valence-corrected chi connectivity index (χ4v) is 2.35. The average Bonchev–Trinajstić information content (AvgIpc) is 3.06. The predicted molar refractivity (Wildman–Crippen MR) is 86.8 cm³/mol. The lowest BCUT2D eigenvalue weighted by Gasteiger charge is -2.10. The number of methoxy groups -OCH3 is 2. The second-order valence-electron chi connectivity index (χ2n) is 5.04. The van der Waals surface area contributed by atoms with Crippen molar-refractivity contribution in [1.82, 2.24) is 15.5 Å². The van der Waals surface area contributed by atoms with Crippen LogP contribution in [0.3, 0.4) is 0 Å². The number of carbonyl (C=O) groups excluding carboxylic acids is 1. The number of nitrogens with one attached hydrogen (secondary N) is 2. The Morgan fingerprint density at radius 2 is 1.96 bits per heavy atom. The van der Waals surface area contributed by atoms with Gasteiger partial charge in [-0.1, -0.05) is 12.1 Å². The van der Waals surface area contributed by atoms with Crippen LogP contribution < -0.4 is 14.8 Å². The molecule has 0 aliphatic rings. The summed E-state index contributed by atoms with van der Waals surface area (Å²) in [4.78, 5) is 12.3. The number of rotatable bonds is 5. The van der Waals surface area contributed by atoms with Crippen molar-refractivity contribution in [1.29, 1.82) is 0 Å². The number of carbonyl (C=O) groups is 1. The Kier molecular flexibility index (Phi) is 4.14. The van der Waals surface area contributed by atoms with Crippen molar-refractivity contribution in [3.05, 3.63) is 53.7 Å². The first-order valence-corrected chi connectivity index (χ1v) is 7.13. The summed E-state index contributed by atoms with van der Waals surface area (Å²) in [7, 11) is 3.17. The van der Waals surface area contributed by atoms with Crippen LogP contribution in [0.15, 0.2) is 42.6 Å². The third-order valence-corrected chi connectivity index (χ3v) is 3.61. The molecule has 6 nitrogen and oxygen atoms in total. The van der Waals surface area contributed by atoms with Gasteiger partial charge in [0.25, 0.3) is 5.91 Å². The molecule has 2 N–H and O–H groups in total. The van der Waals surface area contributed by atoms with E-state index >= 15 is 0 Å². The SMILES string of the molecule is COc1ccc(CNC(=O)c2ccc3cn[nH]c3c2)cc1OC. The molecule has 0 aliphatic heterocycles. The lowest BCUT2D eigenvalue weighted by Crippen LogP contribution is -2.22. The van der Waals surface area contributed by atoms with Gasteiger partial charge in [-0.3, -0.25) is 9.89 Å². The molecular weight excluding hydrogens is 294 g/mol. The molecule has 1 heterocycles. The first-order chi connectivity index (χ1) is 11.2. The van der Waals surface area contributed by atoms with Crippen LogP contribution in [0.2, 0.25) is 0 Å². The Hall–Kier alpha value is -3.02. The van der Waals surface area contributed by atoms with E-state index in [2.05, 4.69) is 15.5 Å². The van der Waals surface area contributed by atoms with Crippen molar-refractivity contribution >= 4 is 16.8 Å². The molecular formula is C17H17N3O3. The Labute approximate surface area is 133 Å². The number of aromatic amines is 1. The summed E-state index contributed by atoms with van der Waals surface area (Å²) in [5.74, 6) is 1.15. The average molecular weight is 311 g/mol. The topological polar surface area (TPSA) is 76.2 Å². The highest BCUT2D eigenvalue weighted by Crippen LogP contribution is 2.27. The van der Waals surface area contributed by atoms with Gasteiger partial charge in [0.1, 0.15) is 0 Å². The zero-order valence-electron chi connectivity index (χ0n) is 12.9. The van der Waals surface area contributed by atoms with Gasteiger partial charge in [-0.05, 0) is 29.8 Å². The van der Waals surface area contributed by atoms with Crippen LogP contribution in [0.4, 0.5) is 0 Å². The van der Waals surface area contributed by atoms with Gasteiger partial charge in [-0.25, -0.2) is 0 Å². The number of hydrogen-bond donors (Lipinski definition) is 2. The number of benzene rings is 2. The largest absolute Gasteiger partial charge is 0.493 e. The molecule has 6 heteroatoms. The summed E-state index contributed by atoms with van der Waals surface area (Å²) in [6, 6.07) is 11.0. The lowest BCUT2D eigenvalue weighted by molar-refractivity contribution is 0.0951. The van der Waals surface area contributed by atoms with Crippen LogP contribution in [0.1, 0.15) is 15.9 Å². The van der Waals surface area contributed by atoms with Crippen molar-refractivity contribution in [2.75, 3.05) is 14.2 Å². The van der Waals surface area contributed by atoms with Gasteiger partial charge < -0.3 is 14.8 Å². The minimum atomic E-state index is -0.142. The fraction of sp³-hybridized carbons (Fsp3) is 0.176. The number of ether oxygens (including phenoxy) is 2. The molecule has 3 aromatic rings. The molecule has 2 aromatic carbocycles. The zero-order valence-corrected chi connectivity index (χ0v) is 12.9. The molecule has 0 bridgehead atoms. The highest BCUT2D eigenvalue weighted by atomic mass is 16.5. The van der Waals surface area contributed by atoms with E-state index in [0.717, 1.165) is 16.5 Å². The predicted octanol–water partition coefficient (Wildman–Crippen LogP) is 2.51. The number of nitrogens with zero attached hydrogens (tertiary/aromatic N) is 1. The molecule has 1 aromatic heterocycles. The van der Waals surface area contributed by atoms with Crippen LogP contribution in [0.25, 0.3) is 10.9 Å². The second kappa shape index (κ2) is 6.39. The lowest BCUT2D eigenvalue weighted by atomic mass is 10.1. The third kappa shape index (κ3) is 3.11. The van der Waals surface area contributed by atoms with Crippen LogP contribution in [-0.2, 0) is 6.54 Å². The molecule has 3 rings (SSSR count). The molecule has 1 amide bonds. The maximum absolute atomic E-state index is 12.3. The number of amides is 1. The van der Waals surface area contributed by atoms with Crippen molar-refractivity contribution < 1.29 is 14.3 Å². The molecule has 0 atom stereocenters. The zero-order chi connectivity index (χ0) is 16.2. The van der Waals surface area contributed by atoms with Crippen LogP contribution >= 0.6 is 0 Å². The summed E-state index contributed by atoms with van der Waals surface area (Å²) in [6.07, 6.45) is 1.72. The van der Waals surface area contributed by atoms with Crippen LogP contribution in [0, 0.1) is 0 Å². The minimum Gasteiger partial charge on any atom is -0.493 e. The summed E-state index contributed by atoms with van der Waals surface area (Å²) in [5, 5.41) is 10.7. The van der Waals surface area contributed by atoms with Crippen LogP contribution in [-0.4, -0.2) is 30.3 Å². The van der Waals surface area contributed by atoms with Gasteiger partial charge in [0.15, 0.2) is 11.5 Å². The number of H-pyrrole nitrogens is 1. The van der Waals surface area contributed by atoms with Crippen molar-refractivity contribution in [3.8, 4) is 11.5 Å². The van der Waals surface area contributed by atoms with E-state index in [0.29, 0.717) is 23.6 Å². The van der Waals surface area contributed by atoms with Gasteiger partial charge in [0.2, 0.25) is 0 Å². The van der Waals surface area contributed by atoms with Crippen LogP contribution in [0.5, 0.6) is 11.5 Å². The molecule has 23 heavy (non-hydrogen) atoms. The molecule has 0 saturated heterocycles. The second-order valence-corrected chi connectivity index (χ2v) is 5.04. The molecule has 0 unspecified atom stereocenters. The van der Waals surface area contributed by atoms with E-state index in [1.54, 1.807) is 32.5 Å². The first-order valence-electron chi connectivity index (χ1n) is 7.13. The number of hydrogen-bond acceptors (Lipinski definition) is 4. The van der Waals surface area contributed by atoms with E-state index in [-0.39, 0.29) is 5.91 Å². The van der Waals surface area contributed by atoms with Gasteiger partial charge in [0, 0.05) is 17.5 Å². The molecule has 118 valence electrons. The van der Waals surface area contributed by atoms with E-state index < -0.39 is 0 Å². The molecule has 0 saturated carbocycles. The van der Waals surface area contributed by atoms with E-state index in [4.69, 9.17) is 9.47 Å². The van der Waals surface area contributed by atoms with Gasteiger partial charge in [-0.2, -0.15) is 5.10 Å². The Bertz CT molecular complexity index is 842. The van der Waals surface area contributed by atoms with E-state index in [1.165, 1.54) is 0 Å². The summed E-state index contributed by atoms with van der Waals surface area (Å²) in [5.41, 5.74) is 2.35. The van der Waals surface area contributed by atoms with Gasteiger partial charge in [0.05, 0.1) is 25.9 Å². The maximum atomic E-state index is 12.3. The number of fused-ring (bicyclic) bond motifs is 1. The van der Waals surface area contributed by atoms with Gasteiger partial charge in [-0.15, -0.1) is 0 Å². The Morgan fingerprint density at radius 1 is 1.13 bits per heavy atom. The van der Waals surface area contributed by atoms with E-state index in [1.807, 2.05) is 24.3 Å². The molecule has 0 spiro atoms. The van der Waals surface area contributed by atoms with Crippen molar-refractivity contribution in [3.63, 3.8) is 0 Å². The quantitative estimate of drug-likeness (QED) is 0.759. The smallest absolute Gasteiger partial charge is 0.251 e. The highest BCUT2D eigenvalue weighted by Gasteiger charge is 2.09. The summed E-state index contributed by atoms with van der Waals surface area (Å²) in [6.45, 7) is 0.403. The highest BCUT2D eigenvalue weighted by molar-refractivity contribution is 5.97. The maximum Gasteiger partial charge on any atom is 0.251 e. The summed E-state index contributed by atoms with van der Waals surface area (Å²) >= 11 is 0.